The highest BCUT2D eigenvalue weighted by atomic mass is 15.1. The minimum Gasteiger partial charge on any atom is -0.369 e. The van der Waals surface area contributed by atoms with Gasteiger partial charge in [0.25, 0.3) is 0 Å². The molecule has 2 aliphatic rings. The van der Waals surface area contributed by atoms with Gasteiger partial charge in [0.05, 0.1) is 5.69 Å². The molecule has 0 bridgehead atoms. The van der Waals surface area contributed by atoms with Crippen molar-refractivity contribution in [2.75, 3.05) is 5.32 Å². The molecule has 0 atom stereocenters. The van der Waals surface area contributed by atoms with E-state index in [1.54, 1.807) is 0 Å². The normalized spacial score (nSPS) is 13.8. The molecule has 0 amide bonds. The number of nitrogens with two attached hydrogens (primary N) is 1. The summed E-state index contributed by atoms with van der Waals surface area (Å²) in [5, 5.41) is 8.27. The van der Waals surface area contributed by atoms with Crippen molar-refractivity contribution in [3.05, 3.63) is 82.9 Å². The highest BCUT2D eigenvalue weighted by Crippen LogP contribution is 2.38. The molecule has 0 radical (unpaired) electrons. The number of hydrogen-bond donors (Lipinski definition) is 2. The summed E-state index contributed by atoms with van der Waals surface area (Å²) in [6, 6.07) is 21.0. The number of rotatable bonds is 2. The van der Waals surface area contributed by atoms with Crippen molar-refractivity contribution >= 4 is 63.2 Å². The van der Waals surface area contributed by atoms with E-state index in [1.165, 1.54) is 32.7 Å². The van der Waals surface area contributed by atoms with E-state index in [4.69, 9.17) is 5.73 Å². The van der Waals surface area contributed by atoms with E-state index in [0.29, 0.717) is 5.96 Å². The summed E-state index contributed by atoms with van der Waals surface area (Å²) in [5.74, 6) is 0.391. The molecular weight excluding hydrogens is 342 g/mol. The summed E-state index contributed by atoms with van der Waals surface area (Å²) < 4.78 is 0. The quantitative estimate of drug-likeness (QED) is 0.293. The number of hydrogen-bond acceptors (Lipinski definition) is 1. The molecule has 0 saturated carbocycles. The van der Waals surface area contributed by atoms with Crippen LogP contribution in [0, 0.1) is 0 Å². The lowest BCUT2D eigenvalue weighted by molar-refractivity contribution is 1.44. The minimum atomic E-state index is 0.391. The third-order valence-corrected chi connectivity index (χ3v) is 5.58. The molecule has 3 nitrogen and oxygen atoms in total. The van der Waals surface area contributed by atoms with Crippen LogP contribution in [0.4, 0.5) is 11.4 Å². The van der Waals surface area contributed by atoms with E-state index in [1.807, 2.05) is 6.07 Å². The second-order valence-electron chi connectivity index (χ2n) is 7.20. The first-order valence-electron chi connectivity index (χ1n) is 9.37. The van der Waals surface area contributed by atoms with Gasteiger partial charge in [-0.3, -0.25) is 0 Å². The zero-order valence-corrected chi connectivity index (χ0v) is 15.1. The van der Waals surface area contributed by atoms with Crippen molar-refractivity contribution < 1.29 is 0 Å². The molecule has 28 heavy (non-hydrogen) atoms. The molecule has 0 heterocycles. The van der Waals surface area contributed by atoms with E-state index in [9.17, 15) is 0 Å². The maximum absolute atomic E-state index is 6.30. The first-order chi connectivity index (χ1) is 13.8. The molecule has 3 heteroatoms. The van der Waals surface area contributed by atoms with Gasteiger partial charge in [-0.05, 0) is 44.8 Å². The molecule has 4 aromatic rings. The van der Waals surface area contributed by atoms with Crippen molar-refractivity contribution in [3.63, 3.8) is 0 Å². The van der Waals surface area contributed by atoms with Crippen LogP contribution in [-0.2, 0) is 0 Å². The Morgan fingerprint density at radius 3 is 2.07 bits per heavy atom. The number of nitrogens with zero attached hydrogens (tertiary/aromatic N) is 1. The largest absolute Gasteiger partial charge is 0.369 e. The van der Waals surface area contributed by atoms with Gasteiger partial charge in [-0.25, -0.2) is 4.99 Å². The number of benzene rings is 4. The maximum Gasteiger partial charge on any atom is 0.198 e. The predicted octanol–water partition coefficient (Wildman–Crippen LogP) is 6.02. The fourth-order valence-corrected chi connectivity index (χ4v) is 4.33. The van der Waals surface area contributed by atoms with Crippen LogP contribution in [-0.4, -0.2) is 5.96 Å². The van der Waals surface area contributed by atoms with Gasteiger partial charge in [0, 0.05) is 16.8 Å². The summed E-state index contributed by atoms with van der Waals surface area (Å²) >= 11 is 0. The molecule has 4 aromatic carbocycles. The van der Waals surface area contributed by atoms with Gasteiger partial charge in [0.1, 0.15) is 0 Å². The van der Waals surface area contributed by atoms with Gasteiger partial charge in [0.15, 0.2) is 5.96 Å². The Balaban J connectivity index is 1.42. The first-order valence-corrected chi connectivity index (χ1v) is 9.37. The molecule has 2 aliphatic carbocycles. The van der Waals surface area contributed by atoms with Crippen LogP contribution in [0.2, 0.25) is 0 Å². The monoisotopic (exact) mass is 359 g/mol. The highest BCUT2D eigenvalue weighted by molar-refractivity contribution is 6.11. The molecule has 0 saturated heterocycles. The Hall–Kier alpha value is -3.85. The van der Waals surface area contributed by atoms with Gasteiger partial charge in [0.2, 0.25) is 0 Å². The lowest BCUT2D eigenvalue weighted by atomic mass is 10.0. The molecule has 0 fully saturated rings. The van der Waals surface area contributed by atoms with Crippen LogP contribution in [0.5, 0.6) is 0 Å². The van der Waals surface area contributed by atoms with Gasteiger partial charge in [-0.15, -0.1) is 0 Å². The van der Waals surface area contributed by atoms with Crippen LogP contribution >= 0.6 is 0 Å². The molecule has 0 aliphatic heterocycles. The van der Waals surface area contributed by atoms with Gasteiger partial charge in [-0.1, -0.05) is 72.8 Å². The third kappa shape index (κ3) is 2.13. The van der Waals surface area contributed by atoms with E-state index >= 15 is 0 Å². The maximum atomic E-state index is 6.30. The van der Waals surface area contributed by atoms with Gasteiger partial charge >= 0.3 is 0 Å². The fourth-order valence-electron chi connectivity index (χ4n) is 4.33. The number of nitrogens with one attached hydrogen (secondary N) is 1. The summed E-state index contributed by atoms with van der Waals surface area (Å²) in [6.45, 7) is 0. The number of anilines is 1. The van der Waals surface area contributed by atoms with Crippen LogP contribution in [0.15, 0.2) is 65.7 Å². The molecule has 132 valence electrons. The van der Waals surface area contributed by atoms with Crippen molar-refractivity contribution in [2.24, 2.45) is 10.7 Å². The minimum absolute atomic E-state index is 0.391. The molecule has 0 spiro atoms. The Morgan fingerprint density at radius 2 is 1.32 bits per heavy atom. The molecule has 0 unspecified atom stereocenters. The lowest BCUT2D eigenvalue weighted by Gasteiger charge is -2.12. The van der Waals surface area contributed by atoms with Crippen LogP contribution in [0.25, 0.3) is 45.8 Å². The summed E-state index contributed by atoms with van der Waals surface area (Å²) in [4.78, 5) is 4.69. The molecular formula is C25H17N3. The Bertz CT molecular complexity index is 1390. The Kier molecular flexibility index (Phi) is 3.03. The van der Waals surface area contributed by atoms with Gasteiger partial charge in [-0.2, -0.15) is 0 Å². The van der Waals surface area contributed by atoms with Gasteiger partial charge < -0.3 is 11.1 Å². The first kappa shape index (κ1) is 15.2. The Labute approximate surface area is 162 Å². The average molecular weight is 359 g/mol. The lowest BCUT2D eigenvalue weighted by Crippen LogP contribution is -2.22. The number of aliphatic imine (C=N–C) groups is 1. The predicted molar refractivity (Wildman–Crippen MR) is 121 cm³/mol. The van der Waals surface area contributed by atoms with E-state index in [-0.39, 0.29) is 0 Å². The Morgan fingerprint density at radius 1 is 0.679 bits per heavy atom. The molecule has 6 rings (SSSR count). The van der Waals surface area contributed by atoms with E-state index in [2.05, 4.69) is 89.2 Å². The smallest absolute Gasteiger partial charge is 0.198 e. The summed E-state index contributed by atoms with van der Waals surface area (Å²) in [7, 11) is 0. The van der Waals surface area contributed by atoms with Crippen LogP contribution in [0.3, 0.4) is 0 Å². The standard InChI is InChI=1S/C25H17N3/c26-25(27-21-13-9-17-5-1-3-15-7-11-19(21)23(15)17)28-22-14-10-18-6-2-4-16-8-12-20(22)24(16)18/h1-14H,(H3,26,27,28). The SMILES string of the molecule is NC(=Nc1ccc2cccc3c2c1C=C3)Nc1ccc2cccc3c2c1C=C3. The van der Waals surface area contributed by atoms with Crippen molar-refractivity contribution in [2.45, 2.75) is 0 Å². The third-order valence-electron chi connectivity index (χ3n) is 5.58. The summed E-state index contributed by atoms with van der Waals surface area (Å²) in [6.07, 6.45) is 8.54. The van der Waals surface area contributed by atoms with E-state index < -0.39 is 0 Å². The van der Waals surface area contributed by atoms with Crippen molar-refractivity contribution in [1.82, 2.24) is 0 Å². The zero-order chi connectivity index (χ0) is 18.7. The second kappa shape index (κ2) is 5.57. The summed E-state index contributed by atoms with van der Waals surface area (Å²) in [5.41, 5.74) is 12.9. The van der Waals surface area contributed by atoms with Crippen LogP contribution in [0.1, 0.15) is 22.3 Å². The molecule has 0 aromatic heterocycles. The average Bonchev–Trinajstić information content (AvgIpc) is 3.34. The van der Waals surface area contributed by atoms with Crippen LogP contribution < -0.4 is 11.1 Å². The highest BCUT2D eigenvalue weighted by Gasteiger charge is 2.15. The van der Waals surface area contributed by atoms with E-state index in [0.717, 1.165) is 22.5 Å². The molecule has 3 N–H and O–H groups in total. The second-order valence-corrected chi connectivity index (χ2v) is 7.20. The zero-order valence-electron chi connectivity index (χ0n) is 15.1. The number of guanidine groups is 1. The fraction of sp³-hybridized carbons (Fsp3) is 0. The van der Waals surface area contributed by atoms with Crippen molar-refractivity contribution in [3.8, 4) is 0 Å². The topological polar surface area (TPSA) is 50.4 Å². The van der Waals surface area contributed by atoms with Crippen molar-refractivity contribution in [1.29, 1.82) is 0 Å².